The van der Waals surface area contributed by atoms with E-state index in [0.717, 1.165) is 6.07 Å². The van der Waals surface area contributed by atoms with Gasteiger partial charge in [-0.15, -0.1) is 0 Å². The average molecular weight is 274 g/mol. The first kappa shape index (κ1) is 14.4. The molecule has 6 heteroatoms. The molecule has 0 saturated carbocycles. The Kier molecular flexibility index (Phi) is 4.67. The first-order valence-electron chi connectivity index (χ1n) is 5.31. The summed E-state index contributed by atoms with van der Waals surface area (Å²) in [5.41, 5.74) is -0.0584. The van der Waals surface area contributed by atoms with Crippen LogP contribution in [-0.4, -0.2) is 17.0 Å². The smallest absolute Gasteiger partial charge is 0.307 e. The Bertz CT molecular complexity index is 478. The Morgan fingerprint density at radius 3 is 2.50 bits per heavy atom. The van der Waals surface area contributed by atoms with Crippen LogP contribution in [0.3, 0.4) is 0 Å². The summed E-state index contributed by atoms with van der Waals surface area (Å²) in [5, 5.41) is 11.4. The molecular weight excluding hydrogens is 261 g/mol. The number of rotatable bonds is 4. The lowest BCUT2D eigenvalue weighted by molar-refractivity contribution is -0.145. The summed E-state index contributed by atoms with van der Waals surface area (Å²) in [7, 11) is 0. The molecule has 2 unspecified atom stereocenters. The summed E-state index contributed by atoms with van der Waals surface area (Å²) in [6, 6.07) is 3.76. The average Bonchev–Trinajstić information content (AvgIpc) is 2.31. The SMILES string of the molecule is CC(C(=O)O)C(C)C(=O)Nc1cc(Cl)ccc1F. The molecule has 0 aliphatic rings. The Hall–Kier alpha value is -1.62. The van der Waals surface area contributed by atoms with Gasteiger partial charge in [-0.05, 0) is 18.2 Å². The van der Waals surface area contributed by atoms with Crippen molar-refractivity contribution in [1.29, 1.82) is 0 Å². The van der Waals surface area contributed by atoms with E-state index in [0.29, 0.717) is 0 Å². The fourth-order valence-corrected chi connectivity index (χ4v) is 1.45. The summed E-state index contributed by atoms with van der Waals surface area (Å²) in [4.78, 5) is 22.5. The predicted octanol–water partition coefficient (Wildman–Crippen LogP) is 2.77. The van der Waals surface area contributed by atoms with E-state index in [4.69, 9.17) is 16.7 Å². The van der Waals surface area contributed by atoms with Gasteiger partial charge in [0, 0.05) is 10.9 Å². The van der Waals surface area contributed by atoms with Crippen molar-refractivity contribution < 1.29 is 19.1 Å². The molecule has 1 aromatic rings. The molecule has 0 aliphatic heterocycles. The summed E-state index contributed by atoms with van der Waals surface area (Å²) in [6.07, 6.45) is 0. The number of hydrogen-bond donors (Lipinski definition) is 2. The molecule has 0 saturated heterocycles. The van der Waals surface area contributed by atoms with Crippen molar-refractivity contribution >= 4 is 29.2 Å². The van der Waals surface area contributed by atoms with E-state index in [-0.39, 0.29) is 10.7 Å². The largest absolute Gasteiger partial charge is 0.481 e. The van der Waals surface area contributed by atoms with Gasteiger partial charge in [0.05, 0.1) is 11.6 Å². The standard InChI is InChI=1S/C12H13ClFNO3/c1-6(7(2)12(17)18)11(16)15-10-5-8(13)3-4-9(10)14/h3-7H,1-2H3,(H,15,16)(H,17,18). The first-order valence-corrected chi connectivity index (χ1v) is 5.69. The van der Waals surface area contributed by atoms with Crippen molar-refractivity contribution in [2.45, 2.75) is 13.8 Å². The highest BCUT2D eigenvalue weighted by Crippen LogP contribution is 2.21. The van der Waals surface area contributed by atoms with Gasteiger partial charge in [-0.25, -0.2) is 4.39 Å². The fraction of sp³-hybridized carbons (Fsp3) is 0.333. The maximum absolute atomic E-state index is 13.4. The fourth-order valence-electron chi connectivity index (χ4n) is 1.28. The van der Waals surface area contributed by atoms with Gasteiger partial charge in [0.15, 0.2) is 0 Å². The predicted molar refractivity (Wildman–Crippen MR) is 66.0 cm³/mol. The molecule has 1 rings (SSSR count). The van der Waals surface area contributed by atoms with E-state index < -0.39 is 29.5 Å². The molecule has 0 aliphatic carbocycles. The van der Waals surface area contributed by atoms with Crippen LogP contribution in [0, 0.1) is 17.7 Å². The third kappa shape index (κ3) is 3.43. The number of carbonyl (C=O) groups excluding carboxylic acids is 1. The molecule has 4 nitrogen and oxygen atoms in total. The zero-order valence-corrected chi connectivity index (χ0v) is 10.7. The first-order chi connectivity index (χ1) is 8.32. The van der Waals surface area contributed by atoms with Crippen LogP contribution in [0.25, 0.3) is 0 Å². The van der Waals surface area contributed by atoms with Gasteiger partial charge < -0.3 is 10.4 Å². The van der Waals surface area contributed by atoms with Crippen molar-refractivity contribution in [2.75, 3.05) is 5.32 Å². The minimum Gasteiger partial charge on any atom is -0.481 e. The topological polar surface area (TPSA) is 66.4 Å². The molecule has 98 valence electrons. The Morgan fingerprint density at radius 1 is 1.33 bits per heavy atom. The second kappa shape index (κ2) is 5.82. The van der Waals surface area contributed by atoms with E-state index in [9.17, 15) is 14.0 Å². The molecule has 18 heavy (non-hydrogen) atoms. The summed E-state index contributed by atoms with van der Waals surface area (Å²) in [5.74, 6) is -3.90. The van der Waals surface area contributed by atoms with E-state index in [1.54, 1.807) is 0 Å². The van der Waals surface area contributed by atoms with Gasteiger partial charge in [0.2, 0.25) is 5.91 Å². The molecule has 0 radical (unpaired) electrons. The highest BCUT2D eigenvalue weighted by molar-refractivity contribution is 6.30. The van der Waals surface area contributed by atoms with Gasteiger partial charge in [0.25, 0.3) is 0 Å². The van der Waals surface area contributed by atoms with Gasteiger partial charge in [0.1, 0.15) is 5.82 Å². The maximum Gasteiger partial charge on any atom is 0.307 e. The van der Waals surface area contributed by atoms with E-state index in [1.807, 2.05) is 0 Å². The van der Waals surface area contributed by atoms with Crippen molar-refractivity contribution in [2.24, 2.45) is 11.8 Å². The number of carbonyl (C=O) groups is 2. The third-order valence-corrected chi connectivity index (χ3v) is 2.97. The number of amides is 1. The van der Waals surface area contributed by atoms with Crippen LogP contribution in [0.1, 0.15) is 13.8 Å². The molecule has 2 atom stereocenters. The number of carboxylic acids is 1. The maximum atomic E-state index is 13.4. The molecule has 0 fully saturated rings. The number of carboxylic acid groups (broad SMARTS) is 1. The van der Waals surface area contributed by atoms with Crippen LogP contribution >= 0.6 is 11.6 Å². The minimum atomic E-state index is -1.08. The van der Waals surface area contributed by atoms with Crippen molar-refractivity contribution in [1.82, 2.24) is 0 Å². The Balaban J connectivity index is 2.81. The van der Waals surface area contributed by atoms with Crippen LogP contribution < -0.4 is 5.32 Å². The lowest BCUT2D eigenvalue weighted by Crippen LogP contribution is -2.30. The minimum absolute atomic E-state index is 0.0584. The quantitative estimate of drug-likeness (QED) is 0.886. The molecule has 0 spiro atoms. The van der Waals surface area contributed by atoms with Gasteiger partial charge >= 0.3 is 5.97 Å². The molecule has 0 bridgehead atoms. The number of hydrogen-bond acceptors (Lipinski definition) is 2. The van der Waals surface area contributed by atoms with Gasteiger partial charge in [-0.3, -0.25) is 9.59 Å². The van der Waals surface area contributed by atoms with E-state index >= 15 is 0 Å². The molecule has 0 aromatic heterocycles. The molecular formula is C12H13ClFNO3. The van der Waals surface area contributed by atoms with Crippen LogP contribution in [0.4, 0.5) is 10.1 Å². The summed E-state index contributed by atoms with van der Waals surface area (Å²) >= 11 is 5.68. The Labute approximate surface area is 109 Å². The number of benzene rings is 1. The van der Waals surface area contributed by atoms with Crippen LogP contribution in [0.2, 0.25) is 5.02 Å². The number of aliphatic carboxylic acids is 1. The zero-order valence-electron chi connectivity index (χ0n) is 9.91. The second-order valence-corrected chi connectivity index (χ2v) is 4.47. The molecule has 0 heterocycles. The molecule has 2 N–H and O–H groups in total. The summed E-state index contributed by atoms with van der Waals surface area (Å²) < 4.78 is 13.4. The van der Waals surface area contributed by atoms with Crippen LogP contribution in [0.15, 0.2) is 18.2 Å². The van der Waals surface area contributed by atoms with Gasteiger partial charge in [-0.1, -0.05) is 25.4 Å². The monoisotopic (exact) mass is 273 g/mol. The molecule has 1 amide bonds. The second-order valence-electron chi connectivity index (χ2n) is 4.03. The van der Waals surface area contributed by atoms with Crippen molar-refractivity contribution in [3.8, 4) is 0 Å². The van der Waals surface area contributed by atoms with Gasteiger partial charge in [-0.2, -0.15) is 0 Å². The highest BCUT2D eigenvalue weighted by Gasteiger charge is 2.26. The van der Waals surface area contributed by atoms with Crippen LogP contribution in [-0.2, 0) is 9.59 Å². The normalized spacial score (nSPS) is 13.8. The third-order valence-electron chi connectivity index (χ3n) is 2.74. The Morgan fingerprint density at radius 2 is 1.94 bits per heavy atom. The van der Waals surface area contributed by atoms with E-state index in [1.165, 1.54) is 26.0 Å². The number of anilines is 1. The van der Waals surface area contributed by atoms with Crippen molar-refractivity contribution in [3.63, 3.8) is 0 Å². The van der Waals surface area contributed by atoms with Crippen molar-refractivity contribution in [3.05, 3.63) is 29.0 Å². The van der Waals surface area contributed by atoms with E-state index in [2.05, 4.69) is 5.32 Å². The zero-order chi connectivity index (χ0) is 13.9. The molecule has 1 aromatic carbocycles. The summed E-state index contributed by atoms with van der Waals surface area (Å²) in [6.45, 7) is 2.89. The highest BCUT2D eigenvalue weighted by atomic mass is 35.5. The van der Waals surface area contributed by atoms with Crippen LogP contribution in [0.5, 0.6) is 0 Å². The lowest BCUT2D eigenvalue weighted by atomic mass is 9.95. The lowest BCUT2D eigenvalue weighted by Gasteiger charge is -2.16. The number of nitrogens with one attached hydrogen (secondary N) is 1. The number of halogens is 2.